The van der Waals surface area contributed by atoms with Gasteiger partial charge >= 0.3 is 12.1 Å². The number of nitrogens with zero attached hydrogens (tertiary/aromatic N) is 1. The van der Waals surface area contributed by atoms with Gasteiger partial charge < -0.3 is 9.47 Å². The largest absolute Gasteiger partial charge is 0.467 e. The topological polar surface area (TPSA) is 55.8 Å². The second-order valence-corrected chi connectivity index (χ2v) is 7.20. The highest BCUT2D eigenvalue weighted by atomic mass is 16.6. The number of amides is 1. The molecule has 0 radical (unpaired) electrons. The first kappa shape index (κ1) is 19.0. The molecule has 1 aromatic carbocycles. The Kier molecular flexibility index (Phi) is 5.88. The Hall–Kier alpha value is -2.30. The first-order chi connectivity index (χ1) is 11.8. The molecule has 5 heteroatoms. The number of esters is 1. The van der Waals surface area contributed by atoms with Gasteiger partial charge in [0.25, 0.3) is 0 Å². The molecule has 1 amide bonds. The van der Waals surface area contributed by atoms with E-state index in [0.717, 1.165) is 5.56 Å². The lowest BCUT2D eigenvalue weighted by Gasteiger charge is -2.31. The van der Waals surface area contributed by atoms with Crippen molar-refractivity contribution in [3.63, 3.8) is 0 Å². The molecular formula is C20H27NO4. The first-order valence-corrected chi connectivity index (χ1v) is 8.55. The summed E-state index contributed by atoms with van der Waals surface area (Å²) in [7, 11) is 1.35. The van der Waals surface area contributed by atoms with Gasteiger partial charge in [-0.05, 0) is 39.7 Å². The highest BCUT2D eigenvalue weighted by molar-refractivity contribution is 5.84. The molecular weight excluding hydrogens is 318 g/mol. The number of rotatable bonds is 3. The maximum Gasteiger partial charge on any atom is 0.411 e. The van der Waals surface area contributed by atoms with Crippen molar-refractivity contribution in [1.82, 2.24) is 4.90 Å². The molecule has 0 N–H and O–H groups in total. The number of likely N-dealkylation sites (tertiary alicyclic amines) is 1. The van der Waals surface area contributed by atoms with Gasteiger partial charge in [-0.25, -0.2) is 9.59 Å². The number of methoxy groups -OCH3 is 1. The van der Waals surface area contributed by atoms with Crippen LogP contribution < -0.4 is 0 Å². The van der Waals surface area contributed by atoms with Gasteiger partial charge in [-0.2, -0.15) is 0 Å². The summed E-state index contributed by atoms with van der Waals surface area (Å²) in [5.41, 5.74) is 0.377. The highest BCUT2D eigenvalue weighted by Gasteiger charge is 2.49. The number of carbonyl (C=O) groups excluding carboxylic acids is 2. The summed E-state index contributed by atoms with van der Waals surface area (Å²) in [6, 6.07) is 8.84. The van der Waals surface area contributed by atoms with E-state index in [9.17, 15) is 9.59 Å². The van der Waals surface area contributed by atoms with E-state index in [1.165, 1.54) is 12.0 Å². The Morgan fingerprint density at radius 1 is 1.20 bits per heavy atom. The van der Waals surface area contributed by atoms with E-state index in [1.807, 2.05) is 70.2 Å². The van der Waals surface area contributed by atoms with Gasteiger partial charge in [0.1, 0.15) is 11.6 Å². The van der Waals surface area contributed by atoms with Crippen LogP contribution in [0.2, 0.25) is 0 Å². The fourth-order valence-electron chi connectivity index (χ4n) is 3.28. The van der Waals surface area contributed by atoms with Gasteiger partial charge in [-0.15, -0.1) is 0 Å². The summed E-state index contributed by atoms with van der Waals surface area (Å²) < 4.78 is 10.6. The van der Waals surface area contributed by atoms with Crippen molar-refractivity contribution >= 4 is 12.1 Å². The lowest BCUT2D eigenvalue weighted by atomic mass is 9.90. The van der Waals surface area contributed by atoms with Crippen LogP contribution in [0, 0.1) is 0 Å². The van der Waals surface area contributed by atoms with Gasteiger partial charge in [0.05, 0.1) is 13.2 Å². The molecule has 136 valence electrons. The number of carbonyl (C=O) groups is 2. The third-order valence-corrected chi connectivity index (χ3v) is 4.22. The molecule has 0 bridgehead atoms. The van der Waals surface area contributed by atoms with Gasteiger partial charge in [0.2, 0.25) is 0 Å². The van der Waals surface area contributed by atoms with Crippen molar-refractivity contribution < 1.29 is 19.1 Å². The molecule has 1 aliphatic heterocycles. The minimum Gasteiger partial charge on any atom is -0.467 e. The van der Waals surface area contributed by atoms with Crippen LogP contribution in [0.1, 0.15) is 45.6 Å². The van der Waals surface area contributed by atoms with Crippen LogP contribution in [-0.4, -0.2) is 41.8 Å². The van der Waals surface area contributed by atoms with Crippen molar-refractivity contribution in [3.05, 3.63) is 48.0 Å². The van der Waals surface area contributed by atoms with Crippen molar-refractivity contribution in [2.45, 2.75) is 57.7 Å². The normalized spacial score (nSPS) is 23.7. The summed E-state index contributed by atoms with van der Waals surface area (Å²) in [5.74, 6) is -0.561. The van der Waals surface area contributed by atoms with Crippen LogP contribution in [-0.2, 0) is 14.3 Å². The zero-order valence-corrected chi connectivity index (χ0v) is 15.6. The molecule has 0 saturated carbocycles. The first-order valence-electron chi connectivity index (χ1n) is 8.55. The molecule has 1 heterocycles. The molecule has 1 aliphatic rings. The Labute approximate surface area is 149 Å². The monoisotopic (exact) mass is 345 g/mol. The molecule has 25 heavy (non-hydrogen) atoms. The maximum absolute atomic E-state index is 12.8. The maximum atomic E-state index is 12.8. The van der Waals surface area contributed by atoms with Crippen LogP contribution in [0.5, 0.6) is 0 Å². The SMILES string of the molecule is C/C=C/[C@@H]1C[C@H](c2ccccc2)[C@@H](C(=O)OC)N1C(=O)OC(C)(C)C. The predicted octanol–water partition coefficient (Wildman–Crippen LogP) is 3.90. The zero-order valence-electron chi connectivity index (χ0n) is 15.6. The molecule has 0 aromatic heterocycles. The standard InChI is InChI=1S/C20H27NO4/c1-6-10-15-13-16(14-11-8-7-9-12-14)17(18(22)24-5)21(15)19(23)25-20(2,3)4/h6-12,15-17H,13H2,1-5H3/b10-6+/t15-,16-,17+/m1/s1. The van der Waals surface area contributed by atoms with E-state index in [4.69, 9.17) is 9.47 Å². The summed E-state index contributed by atoms with van der Waals surface area (Å²) in [5, 5.41) is 0. The van der Waals surface area contributed by atoms with E-state index in [-0.39, 0.29) is 12.0 Å². The third-order valence-electron chi connectivity index (χ3n) is 4.22. The number of benzene rings is 1. The fraction of sp³-hybridized carbons (Fsp3) is 0.500. The van der Waals surface area contributed by atoms with Crippen LogP contribution in [0.4, 0.5) is 4.79 Å². The molecule has 5 nitrogen and oxygen atoms in total. The Bertz CT molecular complexity index is 633. The van der Waals surface area contributed by atoms with E-state index in [2.05, 4.69) is 0 Å². The predicted molar refractivity (Wildman–Crippen MR) is 96.3 cm³/mol. The van der Waals surface area contributed by atoms with Gasteiger partial charge in [-0.1, -0.05) is 42.5 Å². The van der Waals surface area contributed by atoms with Crippen LogP contribution in [0.25, 0.3) is 0 Å². The Balaban J connectivity index is 2.44. The van der Waals surface area contributed by atoms with Gasteiger partial charge in [0.15, 0.2) is 0 Å². The average molecular weight is 345 g/mol. The van der Waals surface area contributed by atoms with E-state index in [1.54, 1.807) is 0 Å². The molecule has 0 spiro atoms. The lowest BCUT2D eigenvalue weighted by molar-refractivity contribution is -0.146. The van der Waals surface area contributed by atoms with Crippen LogP contribution >= 0.6 is 0 Å². The van der Waals surface area contributed by atoms with Gasteiger partial charge in [0, 0.05) is 5.92 Å². The highest BCUT2D eigenvalue weighted by Crippen LogP contribution is 2.39. The second kappa shape index (κ2) is 7.72. The van der Waals surface area contributed by atoms with Crippen LogP contribution in [0.15, 0.2) is 42.5 Å². The minimum absolute atomic E-state index is 0.137. The summed E-state index contributed by atoms with van der Waals surface area (Å²) in [4.78, 5) is 26.9. The van der Waals surface area contributed by atoms with Crippen LogP contribution in [0.3, 0.4) is 0 Å². The van der Waals surface area contributed by atoms with E-state index in [0.29, 0.717) is 6.42 Å². The lowest BCUT2D eigenvalue weighted by Crippen LogP contribution is -2.48. The molecule has 1 fully saturated rings. The third kappa shape index (κ3) is 4.41. The second-order valence-electron chi connectivity index (χ2n) is 7.20. The van der Waals surface area contributed by atoms with E-state index < -0.39 is 23.7 Å². The molecule has 1 aromatic rings. The number of ether oxygens (including phenoxy) is 2. The van der Waals surface area contributed by atoms with Gasteiger partial charge in [-0.3, -0.25) is 4.90 Å². The minimum atomic E-state index is -0.705. The summed E-state index contributed by atoms with van der Waals surface area (Å²) >= 11 is 0. The van der Waals surface area contributed by atoms with Crippen molar-refractivity contribution in [3.8, 4) is 0 Å². The quantitative estimate of drug-likeness (QED) is 0.616. The van der Waals surface area contributed by atoms with E-state index >= 15 is 0 Å². The average Bonchev–Trinajstić information content (AvgIpc) is 2.93. The number of allylic oxidation sites excluding steroid dienone is 1. The summed E-state index contributed by atoms with van der Waals surface area (Å²) in [6.07, 6.45) is 3.98. The number of hydrogen-bond donors (Lipinski definition) is 0. The van der Waals surface area contributed by atoms with Crippen molar-refractivity contribution in [2.75, 3.05) is 7.11 Å². The Morgan fingerprint density at radius 3 is 2.36 bits per heavy atom. The Morgan fingerprint density at radius 2 is 1.84 bits per heavy atom. The molecule has 2 rings (SSSR count). The summed E-state index contributed by atoms with van der Waals surface area (Å²) in [6.45, 7) is 7.34. The molecule has 0 aliphatic carbocycles. The fourth-order valence-corrected chi connectivity index (χ4v) is 3.28. The molecule has 3 atom stereocenters. The number of hydrogen-bond acceptors (Lipinski definition) is 4. The smallest absolute Gasteiger partial charge is 0.411 e. The van der Waals surface area contributed by atoms with Crippen molar-refractivity contribution in [2.24, 2.45) is 0 Å². The van der Waals surface area contributed by atoms with Crippen molar-refractivity contribution in [1.29, 1.82) is 0 Å². The molecule has 0 unspecified atom stereocenters. The zero-order chi connectivity index (χ0) is 18.6. The molecule has 1 saturated heterocycles.